The first-order valence-corrected chi connectivity index (χ1v) is 7.89. The fourth-order valence-electron chi connectivity index (χ4n) is 2.37. The van der Waals surface area contributed by atoms with E-state index in [-0.39, 0.29) is 0 Å². The molecule has 3 nitrogen and oxygen atoms in total. The Kier molecular flexibility index (Phi) is 10.7. The average Bonchev–Trinajstić information content (AvgIpc) is 2.30. The molecule has 0 aliphatic carbocycles. The molecule has 0 bridgehead atoms. The SMILES string of the molecule is CCCCCCCCCCCC[N+](C)(C)C=C([O-])O. The van der Waals surface area contributed by atoms with Crippen LogP contribution in [0.4, 0.5) is 0 Å². The van der Waals surface area contributed by atoms with Crippen LogP contribution < -0.4 is 5.11 Å². The molecule has 0 aliphatic heterocycles. The second-order valence-corrected chi connectivity index (χ2v) is 6.15. The van der Waals surface area contributed by atoms with Gasteiger partial charge in [-0.2, -0.15) is 0 Å². The van der Waals surface area contributed by atoms with Crippen LogP contribution in [0.25, 0.3) is 0 Å². The molecule has 0 aliphatic rings. The van der Waals surface area contributed by atoms with E-state index in [0.29, 0.717) is 4.48 Å². The zero-order chi connectivity index (χ0) is 14.6. The summed E-state index contributed by atoms with van der Waals surface area (Å²) >= 11 is 0. The van der Waals surface area contributed by atoms with E-state index in [0.717, 1.165) is 13.0 Å². The Morgan fingerprint density at radius 3 is 1.74 bits per heavy atom. The molecule has 114 valence electrons. The molecule has 0 rings (SSSR count). The Labute approximate surface area is 119 Å². The summed E-state index contributed by atoms with van der Waals surface area (Å²) in [5.74, 6) is -0.822. The van der Waals surface area contributed by atoms with Crippen molar-refractivity contribution in [3.05, 3.63) is 12.1 Å². The first kappa shape index (κ1) is 18.3. The molecule has 0 unspecified atom stereocenters. The molecule has 0 radical (unpaired) electrons. The number of hydrogen-bond acceptors (Lipinski definition) is 2. The van der Waals surface area contributed by atoms with Gasteiger partial charge in [0.15, 0.2) is 0 Å². The summed E-state index contributed by atoms with van der Waals surface area (Å²) in [5, 5.41) is 19.4. The van der Waals surface area contributed by atoms with Gasteiger partial charge in [-0.15, -0.1) is 0 Å². The second kappa shape index (κ2) is 11.2. The van der Waals surface area contributed by atoms with Crippen molar-refractivity contribution >= 4 is 0 Å². The lowest BCUT2D eigenvalue weighted by molar-refractivity contribution is -0.842. The summed E-state index contributed by atoms with van der Waals surface area (Å²) in [4.78, 5) is 0. The number of quaternary nitrogens is 1. The fourth-order valence-corrected chi connectivity index (χ4v) is 2.37. The first-order valence-electron chi connectivity index (χ1n) is 7.89. The van der Waals surface area contributed by atoms with E-state index in [1.54, 1.807) is 0 Å². The molecule has 0 fully saturated rings. The van der Waals surface area contributed by atoms with Gasteiger partial charge in [-0.3, -0.25) is 0 Å². The fraction of sp³-hybridized carbons (Fsp3) is 0.875. The Hall–Kier alpha value is -0.700. The monoisotopic (exact) mass is 271 g/mol. The van der Waals surface area contributed by atoms with Crippen molar-refractivity contribution in [1.82, 2.24) is 0 Å². The molecule has 0 aromatic heterocycles. The molecule has 3 heteroatoms. The molecule has 0 atom stereocenters. The van der Waals surface area contributed by atoms with Gasteiger partial charge in [-0.1, -0.05) is 58.3 Å². The van der Waals surface area contributed by atoms with Crippen LogP contribution in [0.1, 0.15) is 71.1 Å². The number of hydrogen-bond donors (Lipinski definition) is 1. The average molecular weight is 271 g/mol. The minimum absolute atomic E-state index is 0.479. The lowest BCUT2D eigenvalue weighted by Crippen LogP contribution is -2.35. The number of nitrogens with zero attached hydrogens (tertiary/aromatic N) is 1. The second-order valence-electron chi connectivity index (χ2n) is 6.15. The number of rotatable bonds is 12. The predicted molar refractivity (Wildman–Crippen MR) is 79.5 cm³/mol. The first-order chi connectivity index (χ1) is 8.98. The molecule has 0 aromatic rings. The molecule has 0 saturated carbocycles. The van der Waals surface area contributed by atoms with Crippen LogP contribution in [0, 0.1) is 0 Å². The van der Waals surface area contributed by atoms with Crippen molar-refractivity contribution in [3.63, 3.8) is 0 Å². The van der Waals surface area contributed by atoms with Crippen molar-refractivity contribution in [2.75, 3.05) is 20.6 Å². The van der Waals surface area contributed by atoms with Crippen LogP contribution in [-0.4, -0.2) is 30.2 Å². The van der Waals surface area contributed by atoms with Gasteiger partial charge < -0.3 is 14.7 Å². The van der Waals surface area contributed by atoms with E-state index in [9.17, 15) is 5.11 Å². The summed E-state index contributed by atoms with van der Waals surface area (Å²) in [6.07, 6.45) is 14.6. The van der Waals surface area contributed by atoms with Gasteiger partial charge in [-0.05, 0) is 12.8 Å². The van der Waals surface area contributed by atoms with Crippen LogP contribution in [0.5, 0.6) is 0 Å². The van der Waals surface area contributed by atoms with Crippen LogP contribution >= 0.6 is 0 Å². The van der Waals surface area contributed by atoms with Gasteiger partial charge >= 0.3 is 0 Å². The smallest absolute Gasteiger partial charge is 0.117 e. The van der Waals surface area contributed by atoms with Crippen molar-refractivity contribution < 1.29 is 14.7 Å². The molecule has 1 N–H and O–H groups in total. The standard InChI is InChI=1S/C16H33NO2/c1-4-5-6-7-8-9-10-11-12-13-14-17(2,3)15-16(18)19/h15H,4-14H2,1-3H3,(H-,18,19). The Bertz CT molecular complexity index is 233. The molecule has 0 saturated heterocycles. The topological polar surface area (TPSA) is 43.3 Å². The van der Waals surface area contributed by atoms with Crippen molar-refractivity contribution in [1.29, 1.82) is 0 Å². The summed E-state index contributed by atoms with van der Waals surface area (Å²) in [6, 6.07) is 0. The number of aliphatic hydroxyl groups is 1. The van der Waals surface area contributed by atoms with Crippen LogP contribution in [0.3, 0.4) is 0 Å². The van der Waals surface area contributed by atoms with E-state index in [1.165, 1.54) is 64.0 Å². The van der Waals surface area contributed by atoms with Crippen molar-refractivity contribution in [2.45, 2.75) is 71.1 Å². The maximum atomic E-state index is 10.6. The van der Waals surface area contributed by atoms with Gasteiger partial charge in [0, 0.05) is 0 Å². The van der Waals surface area contributed by atoms with Gasteiger partial charge in [0.25, 0.3) is 0 Å². The normalized spacial score (nSPS) is 12.9. The third-order valence-corrected chi connectivity index (χ3v) is 3.55. The molecule has 19 heavy (non-hydrogen) atoms. The van der Waals surface area contributed by atoms with Gasteiger partial charge in [0.1, 0.15) is 12.1 Å². The van der Waals surface area contributed by atoms with E-state index in [4.69, 9.17) is 5.11 Å². The Morgan fingerprint density at radius 1 is 0.895 bits per heavy atom. The third kappa shape index (κ3) is 13.5. The molecule has 0 aromatic carbocycles. The highest BCUT2D eigenvalue weighted by molar-refractivity contribution is 4.66. The van der Waals surface area contributed by atoms with E-state index >= 15 is 0 Å². The Morgan fingerprint density at radius 2 is 1.32 bits per heavy atom. The molecule has 0 heterocycles. The maximum absolute atomic E-state index is 10.6. The number of aliphatic hydroxyl groups excluding tert-OH is 1. The van der Waals surface area contributed by atoms with Crippen LogP contribution in [-0.2, 0) is 0 Å². The van der Waals surface area contributed by atoms with Crippen LogP contribution in [0.15, 0.2) is 12.1 Å². The highest BCUT2D eigenvalue weighted by Gasteiger charge is 2.10. The quantitative estimate of drug-likeness (QED) is 0.334. The highest BCUT2D eigenvalue weighted by Crippen LogP contribution is 2.11. The third-order valence-electron chi connectivity index (χ3n) is 3.55. The lowest BCUT2D eigenvalue weighted by Gasteiger charge is -2.25. The zero-order valence-electron chi connectivity index (χ0n) is 13.2. The van der Waals surface area contributed by atoms with Crippen molar-refractivity contribution in [2.24, 2.45) is 0 Å². The minimum atomic E-state index is -0.822. The van der Waals surface area contributed by atoms with E-state index < -0.39 is 5.95 Å². The maximum Gasteiger partial charge on any atom is 0.117 e. The van der Waals surface area contributed by atoms with Gasteiger partial charge in [0.2, 0.25) is 0 Å². The lowest BCUT2D eigenvalue weighted by atomic mass is 10.1. The van der Waals surface area contributed by atoms with E-state index in [1.807, 2.05) is 14.1 Å². The molecular weight excluding hydrogens is 238 g/mol. The van der Waals surface area contributed by atoms with Gasteiger partial charge in [-0.25, -0.2) is 0 Å². The summed E-state index contributed by atoms with van der Waals surface area (Å²) in [6.45, 7) is 3.17. The summed E-state index contributed by atoms with van der Waals surface area (Å²) < 4.78 is 0.479. The largest absolute Gasteiger partial charge is 0.626 e. The number of unbranched alkanes of at least 4 members (excludes halogenated alkanes) is 9. The molecule has 0 amide bonds. The minimum Gasteiger partial charge on any atom is -0.626 e. The van der Waals surface area contributed by atoms with Gasteiger partial charge in [0.05, 0.1) is 20.6 Å². The van der Waals surface area contributed by atoms with Crippen molar-refractivity contribution in [3.8, 4) is 0 Å². The Balaban J connectivity index is 3.34. The summed E-state index contributed by atoms with van der Waals surface area (Å²) in [7, 11) is 3.89. The molecular formula is C16H33NO2. The highest BCUT2D eigenvalue weighted by atomic mass is 16.5. The molecule has 0 spiro atoms. The van der Waals surface area contributed by atoms with E-state index in [2.05, 4.69) is 6.92 Å². The van der Waals surface area contributed by atoms with Crippen LogP contribution in [0.2, 0.25) is 0 Å². The summed E-state index contributed by atoms with van der Waals surface area (Å²) in [5.41, 5.74) is 0. The predicted octanol–water partition coefficient (Wildman–Crippen LogP) is 3.70. The zero-order valence-corrected chi connectivity index (χ0v) is 13.2.